The van der Waals surface area contributed by atoms with Gasteiger partial charge in [-0.1, -0.05) is 61.9 Å². The van der Waals surface area contributed by atoms with Crippen molar-refractivity contribution in [1.29, 1.82) is 0 Å². The first kappa shape index (κ1) is 22.0. The highest BCUT2D eigenvalue weighted by molar-refractivity contribution is 6.00. The third-order valence-corrected chi connectivity index (χ3v) is 6.31. The standard InChI is InChI=1S/C27H30N2O3/c1-4-6-16-28-26(31)24(17-21-12-8-7-9-13-21)20(3)27(28,32-5-2)29-18-22(19-30)23-14-10-11-15-25(23)29/h7-15,18-19H,4-6,16-17H2,1-3H3. The molecule has 0 bridgehead atoms. The van der Waals surface area contributed by atoms with E-state index in [1.54, 1.807) is 0 Å². The molecule has 1 aromatic heterocycles. The molecule has 0 saturated carbocycles. The number of ether oxygens (including phenoxy) is 1. The Morgan fingerprint density at radius 3 is 2.44 bits per heavy atom. The van der Waals surface area contributed by atoms with Gasteiger partial charge in [0.25, 0.3) is 11.8 Å². The highest BCUT2D eigenvalue weighted by Gasteiger charge is 2.52. The van der Waals surface area contributed by atoms with Gasteiger partial charge in [-0.3, -0.25) is 19.1 Å². The van der Waals surface area contributed by atoms with E-state index in [1.165, 1.54) is 0 Å². The molecule has 5 heteroatoms. The van der Waals surface area contributed by atoms with Crippen molar-refractivity contribution in [3.8, 4) is 0 Å². The van der Waals surface area contributed by atoms with Crippen molar-refractivity contribution in [2.75, 3.05) is 13.2 Å². The monoisotopic (exact) mass is 430 g/mol. The van der Waals surface area contributed by atoms with Crippen molar-refractivity contribution in [3.63, 3.8) is 0 Å². The molecule has 0 spiro atoms. The average Bonchev–Trinajstić information content (AvgIpc) is 3.29. The fourth-order valence-electron chi connectivity index (χ4n) is 4.76. The molecule has 166 valence electrons. The van der Waals surface area contributed by atoms with Gasteiger partial charge in [-0.05, 0) is 31.9 Å². The molecular weight excluding hydrogens is 400 g/mol. The van der Waals surface area contributed by atoms with Crippen LogP contribution in [0.25, 0.3) is 10.9 Å². The van der Waals surface area contributed by atoms with E-state index in [9.17, 15) is 9.59 Å². The van der Waals surface area contributed by atoms with E-state index in [0.29, 0.717) is 25.1 Å². The maximum Gasteiger partial charge on any atom is 0.254 e. The number of hydrogen-bond donors (Lipinski definition) is 0. The molecule has 0 N–H and O–H groups in total. The molecule has 0 radical (unpaired) electrons. The summed E-state index contributed by atoms with van der Waals surface area (Å²) in [6.45, 7) is 7.05. The Balaban J connectivity index is 1.96. The molecule has 1 aliphatic heterocycles. The van der Waals surface area contributed by atoms with Crippen LogP contribution in [0.5, 0.6) is 0 Å². The van der Waals surface area contributed by atoms with E-state index in [1.807, 2.05) is 84.1 Å². The molecule has 0 aliphatic carbocycles. The van der Waals surface area contributed by atoms with E-state index in [-0.39, 0.29) is 5.91 Å². The maximum absolute atomic E-state index is 13.8. The van der Waals surface area contributed by atoms with Crippen LogP contribution in [0.4, 0.5) is 0 Å². The molecule has 1 amide bonds. The van der Waals surface area contributed by atoms with Gasteiger partial charge in [0.2, 0.25) is 0 Å². The Morgan fingerprint density at radius 1 is 1.03 bits per heavy atom. The minimum atomic E-state index is -1.09. The second kappa shape index (κ2) is 9.13. The van der Waals surface area contributed by atoms with Crippen LogP contribution in [0.2, 0.25) is 0 Å². The van der Waals surface area contributed by atoms with Gasteiger partial charge in [0.05, 0.1) is 5.52 Å². The van der Waals surface area contributed by atoms with Gasteiger partial charge >= 0.3 is 0 Å². The third-order valence-electron chi connectivity index (χ3n) is 6.31. The lowest BCUT2D eigenvalue weighted by atomic mass is 10.0. The Hall–Kier alpha value is -3.18. The number of aldehydes is 1. The number of carbonyl (C=O) groups is 2. The predicted molar refractivity (Wildman–Crippen MR) is 126 cm³/mol. The number of rotatable bonds is 9. The molecule has 2 heterocycles. The minimum absolute atomic E-state index is 0.00122. The number of amides is 1. The molecule has 1 atom stereocenters. The van der Waals surface area contributed by atoms with Gasteiger partial charge in [-0.25, -0.2) is 0 Å². The molecule has 2 aromatic carbocycles. The van der Waals surface area contributed by atoms with E-state index in [4.69, 9.17) is 4.74 Å². The first-order valence-corrected chi connectivity index (χ1v) is 11.3. The van der Waals surface area contributed by atoms with Crippen LogP contribution in [0.3, 0.4) is 0 Å². The first-order valence-electron chi connectivity index (χ1n) is 11.3. The summed E-state index contributed by atoms with van der Waals surface area (Å²) in [5.41, 5.74) is 4.18. The Bertz CT molecular complexity index is 1160. The topological polar surface area (TPSA) is 51.5 Å². The lowest BCUT2D eigenvalue weighted by Gasteiger charge is -2.41. The largest absolute Gasteiger partial charge is 0.334 e. The van der Waals surface area contributed by atoms with Gasteiger partial charge in [0.15, 0.2) is 6.29 Å². The second-order valence-electron chi connectivity index (χ2n) is 8.21. The number of aromatic nitrogens is 1. The van der Waals surface area contributed by atoms with Gasteiger partial charge in [-0.15, -0.1) is 0 Å². The molecule has 5 nitrogen and oxygen atoms in total. The van der Waals surface area contributed by atoms with E-state index in [2.05, 4.69) is 6.92 Å². The summed E-state index contributed by atoms with van der Waals surface area (Å²) < 4.78 is 8.48. The quantitative estimate of drug-likeness (QED) is 0.433. The molecular formula is C27H30N2O3. The van der Waals surface area contributed by atoms with E-state index < -0.39 is 5.85 Å². The molecule has 0 saturated heterocycles. The van der Waals surface area contributed by atoms with Crippen molar-refractivity contribution in [2.45, 2.75) is 45.9 Å². The molecule has 3 aromatic rings. The number of carbonyl (C=O) groups excluding carboxylic acids is 2. The Kier molecular flexibility index (Phi) is 6.28. The smallest absolute Gasteiger partial charge is 0.254 e. The fraction of sp³-hybridized carbons (Fsp3) is 0.333. The summed E-state index contributed by atoms with van der Waals surface area (Å²) in [5, 5.41) is 0.855. The number of para-hydroxylation sites is 1. The van der Waals surface area contributed by atoms with E-state index >= 15 is 0 Å². The van der Waals surface area contributed by atoms with Gasteiger partial charge in [-0.2, -0.15) is 0 Å². The van der Waals surface area contributed by atoms with Crippen molar-refractivity contribution in [3.05, 3.63) is 83.1 Å². The number of unbranched alkanes of at least 4 members (excludes halogenated alkanes) is 1. The fourth-order valence-corrected chi connectivity index (χ4v) is 4.76. The predicted octanol–water partition coefficient (Wildman–Crippen LogP) is 5.30. The summed E-state index contributed by atoms with van der Waals surface area (Å²) in [4.78, 5) is 27.5. The van der Waals surface area contributed by atoms with Crippen LogP contribution < -0.4 is 0 Å². The number of benzene rings is 2. The Morgan fingerprint density at radius 2 is 1.75 bits per heavy atom. The summed E-state index contributed by atoms with van der Waals surface area (Å²) in [5.74, 6) is -1.09. The molecule has 1 unspecified atom stereocenters. The molecule has 4 rings (SSSR count). The second-order valence-corrected chi connectivity index (χ2v) is 8.21. The number of hydrogen-bond acceptors (Lipinski definition) is 3. The zero-order valence-electron chi connectivity index (χ0n) is 19.0. The van der Waals surface area contributed by atoms with Gasteiger partial charge in [0.1, 0.15) is 0 Å². The molecule has 32 heavy (non-hydrogen) atoms. The maximum atomic E-state index is 13.8. The van der Waals surface area contributed by atoms with Gasteiger partial charge < -0.3 is 4.74 Å². The highest BCUT2D eigenvalue weighted by atomic mass is 16.5. The van der Waals surface area contributed by atoms with Crippen molar-refractivity contribution < 1.29 is 14.3 Å². The van der Waals surface area contributed by atoms with Crippen molar-refractivity contribution in [1.82, 2.24) is 9.47 Å². The number of nitrogens with zero attached hydrogens (tertiary/aromatic N) is 2. The summed E-state index contributed by atoms with van der Waals surface area (Å²) in [6.07, 6.45) is 5.07. The third kappa shape index (κ3) is 3.47. The average molecular weight is 431 g/mol. The van der Waals surface area contributed by atoms with Crippen LogP contribution in [0, 0.1) is 0 Å². The van der Waals surface area contributed by atoms with Crippen LogP contribution >= 0.6 is 0 Å². The van der Waals surface area contributed by atoms with Crippen LogP contribution in [-0.4, -0.2) is 34.8 Å². The normalized spacial score (nSPS) is 18.7. The summed E-state index contributed by atoms with van der Waals surface area (Å²) >= 11 is 0. The van der Waals surface area contributed by atoms with E-state index in [0.717, 1.165) is 46.7 Å². The SMILES string of the molecule is CCCCN1C(=O)C(Cc2ccccc2)=C(C)C1(OCC)n1cc(C=O)c2ccccc21. The number of fused-ring (bicyclic) bond motifs is 1. The van der Waals surface area contributed by atoms with Crippen LogP contribution in [-0.2, 0) is 21.8 Å². The summed E-state index contributed by atoms with van der Waals surface area (Å²) in [6, 6.07) is 17.8. The zero-order chi connectivity index (χ0) is 22.7. The first-order chi connectivity index (χ1) is 15.6. The highest BCUT2D eigenvalue weighted by Crippen LogP contribution is 2.44. The van der Waals surface area contributed by atoms with Crippen molar-refractivity contribution in [2.24, 2.45) is 0 Å². The van der Waals surface area contributed by atoms with Crippen LogP contribution in [0.1, 0.15) is 49.5 Å². The minimum Gasteiger partial charge on any atom is -0.334 e. The Labute approximate surface area is 189 Å². The lowest BCUT2D eigenvalue weighted by Crippen LogP contribution is -2.52. The zero-order valence-corrected chi connectivity index (χ0v) is 19.0. The summed E-state index contributed by atoms with van der Waals surface area (Å²) in [7, 11) is 0. The van der Waals surface area contributed by atoms with Crippen LogP contribution in [0.15, 0.2) is 71.9 Å². The molecule has 0 fully saturated rings. The molecule has 1 aliphatic rings. The van der Waals surface area contributed by atoms with Gasteiger partial charge in [0, 0.05) is 47.9 Å². The van der Waals surface area contributed by atoms with Crippen molar-refractivity contribution >= 4 is 23.1 Å². The lowest BCUT2D eigenvalue weighted by molar-refractivity contribution is -0.182.